The number of nitrogens with two attached hydrogens (primary N) is 2. The summed E-state index contributed by atoms with van der Waals surface area (Å²) in [7, 11) is 0. The molecule has 106 valence electrons. The number of halogens is 1. The van der Waals surface area contributed by atoms with Gasteiger partial charge in [0.15, 0.2) is 0 Å². The molecule has 1 aliphatic heterocycles. The van der Waals surface area contributed by atoms with E-state index < -0.39 is 0 Å². The van der Waals surface area contributed by atoms with Crippen molar-refractivity contribution < 1.29 is 9.18 Å². The fourth-order valence-electron chi connectivity index (χ4n) is 2.38. The van der Waals surface area contributed by atoms with Gasteiger partial charge in [0.1, 0.15) is 5.82 Å². The Morgan fingerprint density at radius 3 is 2.95 bits per heavy atom. The van der Waals surface area contributed by atoms with E-state index in [-0.39, 0.29) is 24.2 Å². The molecule has 0 aliphatic carbocycles. The van der Waals surface area contributed by atoms with Crippen LogP contribution in [0.2, 0.25) is 0 Å². The molecule has 1 heterocycles. The second kappa shape index (κ2) is 6.51. The first-order valence-corrected chi connectivity index (χ1v) is 6.59. The minimum absolute atomic E-state index is 0.0769. The van der Waals surface area contributed by atoms with Gasteiger partial charge in [-0.1, -0.05) is 17.9 Å². The highest BCUT2D eigenvalue weighted by atomic mass is 19.1. The smallest absolute Gasteiger partial charge is 0.221 e. The van der Waals surface area contributed by atoms with Crippen LogP contribution in [0.3, 0.4) is 0 Å². The molecule has 1 aromatic carbocycles. The second-order valence-electron chi connectivity index (χ2n) is 4.94. The normalized spacial score (nSPS) is 18.6. The lowest BCUT2D eigenvalue weighted by atomic mass is 10.1. The van der Waals surface area contributed by atoms with E-state index in [2.05, 4.69) is 16.7 Å². The van der Waals surface area contributed by atoms with Crippen molar-refractivity contribution in [2.75, 3.05) is 19.6 Å². The molecule has 4 nitrogen and oxygen atoms in total. The van der Waals surface area contributed by atoms with Gasteiger partial charge < -0.3 is 11.5 Å². The molecule has 1 atom stereocenters. The van der Waals surface area contributed by atoms with Crippen LogP contribution in [0.15, 0.2) is 18.2 Å². The highest BCUT2D eigenvalue weighted by Gasteiger charge is 2.26. The third-order valence-electron chi connectivity index (χ3n) is 3.44. The maximum Gasteiger partial charge on any atom is 0.221 e. The molecular formula is C15H18FN3O. The molecule has 0 aromatic heterocycles. The average molecular weight is 275 g/mol. The Bertz CT molecular complexity index is 562. The molecule has 1 saturated heterocycles. The molecule has 1 unspecified atom stereocenters. The van der Waals surface area contributed by atoms with Crippen molar-refractivity contribution in [2.45, 2.75) is 13.0 Å². The van der Waals surface area contributed by atoms with E-state index in [1.807, 2.05) is 0 Å². The minimum Gasteiger partial charge on any atom is -0.369 e. The van der Waals surface area contributed by atoms with Crippen LogP contribution in [0.5, 0.6) is 0 Å². The summed E-state index contributed by atoms with van der Waals surface area (Å²) in [5, 5.41) is 0. The number of rotatable bonds is 3. The predicted molar refractivity (Wildman–Crippen MR) is 74.9 cm³/mol. The van der Waals surface area contributed by atoms with E-state index in [0.717, 1.165) is 18.5 Å². The molecule has 5 heteroatoms. The number of hydrogen-bond acceptors (Lipinski definition) is 3. The lowest BCUT2D eigenvalue weighted by Crippen LogP contribution is -2.27. The summed E-state index contributed by atoms with van der Waals surface area (Å²) in [6.07, 6.45) is 0.788. The van der Waals surface area contributed by atoms with Gasteiger partial charge in [0, 0.05) is 13.1 Å². The zero-order valence-electron chi connectivity index (χ0n) is 11.2. The van der Waals surface area contributed by atoms with Gasteiger partial charge in [-0.3, -0.25) is 9.69 Å². The van der Waals surface area contributed by atoms with Crippen molar-refractivity contribution in [1.82, 2.24) is 4.90 Å². The highest BCUT2D eigenvalue weighted by molar-refractivity contribution is 5.77. The number of likely N-dealkylation sites (tertiary alicyclic amines) is 1. The Kier molecular flexibility index (Phi) is 4.72. The van der Waals surface area contributed by atoms with E-state index >= 15 is 0 Å². The summed E-state index contributed by atoms with van der Waals surface area (Å²) in [6, 6.07) is 4.88. The van der Waals surface area contributed by atoms with Crippen LogP contribution in [-0.4, -0.2) is 30.4 Å². The summed E-state index contributed by atoms with van der Waals surface area (Å²) in [5.41, 5.74) is 11.9. The van der Waals surface area contributed by atoms with Gasteiger partial charge in [-0.25, -0.2) is 4.39 Å². The average Bonchev–Trinajstić information content (AvgIpc) is 2.88. The SMILES string of the molecule is NCC#Cc1cc(CN2CCC(C(N)=O)C2)ccc1F. The molecule has 1 fully saturated rings. The van der Waals surface area contributed by atoms with Gasteiger partial charge in [-0.15, -0.1) is 0 Å². The topological polar surface area (TPSA) is 72.3 Å². The summed E-state index contributed by atoms with van der Waals surface area (Å²) in [5.74, 6) is 4.71. The fraction of sp³-hybridized carbons (Fsp3) is 0.400. The molecule has 1 aliphatic rings. The summed E-state index contributed by atoms with van der Waals surface area (Å²) in [4.78, 5) is 13.3. The Morgan fingerprint density at radius 2 is 2.30 bits per heavy atom. The minimum atomic E-state index is -0.342. The largest absolute Gasteiger partial charge is 0.369 e. The maximum absolute atomic E-state index is 13.6. The molecule has 20 heavy (non-hydrogen) atoms. The van der Waals surface area contributed by atoms with E-state index in [4.69, 9.17) is 11.5 Å². The summed E-state index contributed by atoms with van der Waals surface area (Å²) >= 11 is 0. The standard InChI is InChI=1S/C15H18FN3O/c16-14-4-3-11(8-12(14)2-1-6-17)9-19-7-5-13(10-19)15(18)20/h3-4,8,13H,5-7,9-10,17H2,(H2,18,20). The van der Waals surface area contributed by atoms with Crippen molar-refractivity contribution in [3.05, 3.63) is 35.1 Å². The molecule has 4 N–H and O–H groups in total. The second-order valence-corrected chi connectivity index (χ2v) is 4.94. The Labute approximate surface area is 117 Å². The Balaban J connectivity index is 2.05. The molecular weight excluding hydrogens is 257 g/mol. The Morgan fingerprint density at radius 1 is 1.50 bits per heavy atom. The number of nitrogens with zero attached hydrogens (tertiary/aromatic N) is 1. The van der Waals surface area contributed by atoms with Gasteiger partial charge in [0.05, 0.1) is 18.0 Å². The number of benzene rings is 1. The highest BCUT2D eigenvalue weighted by Crippen LogP contribution is 2.19. The molecule has 0 radical (unpaired) electrons. The Hall–Kier alpha value is -1.90. The first kappa shape index (κ1) is 14.5. The number of primary amides is 1. The van der Waals surface area contributed by atoms with Crippen molar-refractivity contribution in [2.24, 2.45) is 17.4 Å². The van der Waals surface area contributed by atoms with Gasteiger partial charge in [-0.2, -0.15) is 0 Å². The molecule has 1 aromatic rings. The summed E-state index contributed by atoms with van der Waals surface area (Å²) < 4.78 is 13.6. The van der Waals surface area contributed by atoms with E-state index in [0.29, 0.717) is 18.7 Å². The van der Waals surface area contributed by atoms with E-state index in [1.54, 1.807) is 12.1 Å². The first-order chi connectivity index (χ1) is 9.60. The van der Waals surface area contributed by atoms with Gasteiger partial charge >= 0.3 is 0 Å². The monoisotopic (exact) mass is 275 g/mol. The summed E-state index contributed by atoms with van der Waals surface area (Å²) in [6.45, 7) is 2.36. The van der Waals surface area contributed by atoms with E-state index in [9.17, 15) is 9.18 Å². The fourth-order valence-corrected chi connectivity index (χ4v) is 2.38. The van der Waals surface area contributed by atoms with Gasteiger partial charge in [0.2, 0.25) is 5.91 Å². The van der Waals surface area contributed by atoms with Gasteiger partial charge in [0.25, 0.3) is 0 Å². The number of carbonyl (C=O) groups is 1. The third-order valence-corrected chi connectivity index (χ3v) is 3.44. The van der Waals surface area contributed by atoms with Crippen LogP contribution in [0.4, 0.5) is 4.39 Å². The van der Waals surface area contributed by atoms with Crippen LogP contribution in [0.25, 0.3) is 0 Å². The van der Waals surface area contributed by atoms with Crippen LogP contribution in [0, 0.1) is 23.6 Å². The van der Waals surface area contributed by atoms with Gasteiger partial charge in [-0.05, 0) is 30.7 Å². The lowest BCUT2D eigenvalue weighted by molar-refractivity contribution is -0.121. The van der Waals surface area contributed by atoms with Crippen LogP contribution < -0.4 is 11.5 Å². The number of hydrogen-bond donors (Lipinski definition) is 2. The molecule has 0 spiro atoms. The molecule has 1 amide bonds. The van der Waals surface area contributed by atoms with Crippen LogP contribution in [-0.2, 0) is 11.3 Å². The van der Waals surface area contributed by atoms with Crippen molar-refractivity contribution in [3.63, 3.8) is 0 Å². The van der Waals surface area contributed by atoms with Crippen LogP contribution in [0.1, 0.15) is 17.5 Å². The van der Waals surface area contributed by atoms with E-state index in [1.165, 1.54) is 6.07 Å². The zero-order valence-corrected chi connectivity index (χ0v) is 11.2. The third kappa shape index (κ3) is 3.56. The van der Waals surface area contributed by atoms with Crippen molar-refractivity contribution in [1.29, 1.82) is 0 Å². The number of amides is 1. The lowest BCUT2D eigenvalue weighted by Gasteiger charge is -2.15. The number of carbonyl (C=O) groups excluding carboxylic acids is 1. The zero-order chi connectivity index (χ0) is 14.5. The molecule has 2 rings (SSSR count). The quantitative estimate of drug-likeness (QED) is 0.786. The van der Waals surface area contributed by atoms with Crippen molar-refractivity contribution in [3.8, 4) is 11.8 Å². The molecule has 0 bridgehead atoms. The molecule has 0 saturated carbocycles. The predicted octanol–water partition coefficient (Wildman–Crippen LogP) is 0.443. The van der Waals surface area contributed by atoms with Crippen LogP contribution >= 0.6 is 0 Å². The van der Waals surface area contributed by atoms with Crippen molar-refractivity contribution >= 4 is 5.91 Å². The maximum atomic E-state index is 13.6. The first-order valence-electron chi connectivity index (χ1n) is 6.59.